The Morgan fingerprint density at radius 1 is 1.14 bits per heavy atom. The SMILES string of the molecule is CC(CN1CCOCC1)NCc1ccc(Nc2cccc(-c3nccs3)n2)nc1. The van der Waals surface area contributed by atoms with Crippen LogP contribution in [0, 0.1) is 0 Å². The molecule has 0 spiro atoms. The number of rotatable bonds is 8. The van der Waals surface area contributed by atoms with Crippen LogP contribution < -0.4 is 10.6 Å². The first-order valence-corrected chi connectivity index (χ1v) is 10.8. The summed E-state index contributed by atoms with van der Waals surface area (Å²) in [7, 11) is 0. The normalized spacial score (nSPS) is 15.9. The maximum absolute atomic E-state index is 5.41. The van der Waals surface area contributed by atoms with Crippen molar-refractivity contribution < 1.29 is 4.74 Å². The predicted molar refractivity (Wildman–Crippen MR) is 116 cm³/mol. The molecule has 29 heavy (non-hydrogen) atoms. The van der Waals surface area contributed by atoms with Crippen molar-refractivity contribution in [3.63, 3.8) is 0 Å². The van der Waals surface area contributed by atoms with Crippen LogP contribution in [0.1, 0.15) is 12.5 Å². The highest BCUT2D eigenvalue weighted by Gasteiger charge is 2.13. The van der Waals surface area contributed by atoms with E-state index in [1.165, 1.54) is 0 Å². The number of hydrogen-bond donors (Lipinski definition) is 2. The third-order valence-corrected chi connectivity index (χ3v) is 5.57. The molecule has 4 rings (SSSR count). The fourth-order valence-electron chi connectivity index (χ4n) is 3.24. The van der Waals surface area contributed by atoms with Crippen molar-refractivity contribution in [3.05, 3.63) is 53.7 Å². The zero-order valence-electron chi connectivity index (χ0n) is 16.5. The molecule has 3 aromatic rings. The molecule has 0 aliphatic carbocycles. The van der Waals surface area contributed by atoms with Crippen molar-refractivity contribution in [2.45, 2.75) is 19.5 Å². The van der Waals surface area contributed by atoms with Crippen molar-refractivity contribution in [2.24, 2.45) is 0 Å². The number of morpholine rings is 1. The van der Waals surface area contributed by atoms with E-state index in [-0.39, 0.29) is 0 Å². The van der Waals surface area contributed by atoms with Crippen LogP contribution in [0.2, 0.25) is 0 Å². The van der Waals surface area contributed by atoms with E-state index in [0.29, 0.717) is 6.04 Å². The summed E-state index contributed by atoms with van der Waals surface area (Å²) < 4.78 is 5.41. The van der Waals surface area contributed by atoms with Crippen molar-refractivity contribution in [1.29, 1.82) is 0 Å². The highest BCUT2D eigenvalue weighted by atomic mass is 32.1. The van der Waals surface area contributed by atoms with E-state index in [4.69, 9.17) is 4.74 Å². The second-order valence-corrected chi connectivity index (χ2v) is 8.01. The van der Waals surface area contributed by atoms with Gasteiger partial charge in [-0.3, -0.25) is 4.90 Å². The Morgan fingerprint density at radius 2 is 2.03 bits per heavy atom. The van der Waals surface area contributed by atoms with Gasteiger partial charge in [-0.2, -0.15) is 0 Å². The van der Waals surface area contributed by atoms with Crippen LogP contribution in [-0.2, 0) is 11.3 Å². The Balaban J connectivity index is 1.28. The lowest BCUT2D eigenvalue weighted by molar-refractivity contribution is 0.0343. The summed E-state index contributed by atoms with van der Waals surface area (Å²) in [4.78, 5) is 15.9. The Morgan fingerprint density at radius 3 is 2.79 bits per heavy atom. The molecular weight excluding hydrogens is 384 g/mol. The second kappa shape index (κ2) is 9.89. The van der Waals surface area contributed by atoms with Gasteiger partial charge in [-0.05, 0) is 30.7 Å². The first-order chi connectivity index (χ1) is 14.3. The number of nitrogens with one attached hydrogen (secondary N) is 2. The second-order valence-electron chi connectivity index (χ2n) is 7.12. The molecule has 1 aliphatic rings. The summed E-state index contributed by atoms with van der Waals surface area (Å²) in [6, 6.07) is 10.4. The molecule has 1 saturated heterocycles. The molecule has 8 heteroatoms. The highest BCUT2D eigenvalue weighted by molar-refractivity contribution is 7.13. The van der Waals surface area contributed by atoms with Gasteiger partial charge in [0.25, 0.3) is 0 Å². The summed E-state index contributed by atoms with van der Waals surface area (Å²) >= 11 is 1.58. The first-order valence-electron chi connectivity index (χ1n) is 9.88. The molecule has 0 amide bonds. The molecule has 1 atom stereocenters. The van der Waals surface area contributed by atoms with Gasteiger partial charge in [-0.25, -0.2) is 15.0 Å². The highest BCUT2D eigenvalue weighted by Crippen LogP contribution is 2.22. The van der Waals surface area contributed by atoms with Gasteiger partial charge in [0, 0.05) is 50.0 Å². The molecule has 4 heterocycles. The number of nitrogens with zero attached hydrogens (tertiary/aromatic N) is 4. The van der Waals surface area contributed by atoms with Gasteiger partial charge in [-0.15, -0.1) is 11.3 Å². The first kappa shape index (κ1) is 19.9. The minimum absolute atomic E-state index is 0.420. The van der Waals surface area contributed by atoms with Gasteiger partial charge in [0.05, 0.1) is 13.2 Å². The fourth-order valence-corrected chi connectivity index (χ4v) is 3.84. The maximum Gasteiger partial charge on any atom is 0.141 e. The summed E-state index contributed by atoms with van der Waals surface area (Å²) in [5.41, 5.74) is 2.02. The third-order valence-electron chi connectivity index (χ3n) is 4.77. The van der Waals surface area contributed by atoms with Crippen LogP contribution in [0.5, 0.6) is 0 Å². The molecule has 1 aliphatic heterocycles. The van der Waals surface area contributed by atoms with E-state index >= 15 is 0 Å². The standard InChI is InChI=1S/C21H26N6OS/c1-16(15-27-8-10-28-11-9-27)23-13-17-5-6-19(24-14-17)26-20-4-2-3-18(25-20)21-22-7-12-29-21/h2-7,12,14,16,23H,8-11,13,15H2,1H3,(H,24,25,26). The van der Waals surface area contributed by atoms with Gasteiger partial charge in [0.2, 0.25) is 0 Å². The van der Waals surface area contributed by atoms with E-state index in [1.807, 2.05) is 35.8 Å². The smallest absolute Gasteiger partial charge is 0.141 e. The Kier molecular flexibility index (Phi) is 6.79. The molecule has 3 aromatic heterocycles. The molecule has 1 fully saturated rings. The number of aromatic nitrogens is 3. The lowest BCUT2D eigenvalue weighted by atomic mass is 10.2. The van der Waals surface area contributed by atoms with Gasteiger partial charge in [0.1, 0.15) is 22.3 Å². The quantitative estimate of drug-likeness (QED) is 0.591. The number of hydrogen-bond acceptors (Lipinski definition) is 8. The summed E-state index contributed by atoms with van der Waals surface area (Å²) in [6.45, 7) is 7.78. The maximum atomic E-state index is 5.41. The predicted octanol–water partition coefficient (Wildman–Crippen LogP) is 3.15. The molecule has 0 aromatic carbocycles. The van der Waals surface area contributed by atoms with Crippen molar-refractivity contribution in [3.8, 4) is 10.7 Å². The molecule has 152 valence electrons. The zero-order valence-corrected chi connectivity index (χ0v) is 17.4. The van der Waals surface area contributed by atoms with E-state index in [9.17, 15) is 0 Å². The number of thiazole rings is 1. The van der Waals surface area contributed by atoms with Crippen molar-refractivity contribution >= 4 is 23.0 Å². The van der Waals surface area contributed by atoms with Gasteiger partial charge >= 0.3 is 0 Å². The largest absolute Gasteiger partial charge is 0.379 e. The molecule has 0 radical (unpaired) electrons. The molecule has 1 unspecified atom stereocenters. The molecule has 7 nitrogen and oxygen atoms in total. The van der Waals surface area contributed by atoms with Crippen molar-refractivity contribution in [2.75, 3.05) is 38.2 Å². The molecule has 0 saturated carbocycles. The molecular formula is C21H26N6OS. The number of pyridine rings is 2. The lowest BCUT2D eigenvalue weighted by Gasteiger charge is -2.29. The lowest BCUT2D eigenvalue weighted by Crippen LogP contribution is -2.44. The molecule has 0 bridgehead atoms. The molecule has 2 N–H and O–H groups in total. The summed E-state index contributed by atoms with van der Waals surface area (Å²) in [5.74, 6) is 1.54. The summed E-state index contributed by atoms with van der Waals surface area (Å²) in [5, 5.41) is 9.71. The minimum Gasteiger partial charge on any atom is -0.379 e. The Labute approximate surface area is 175 Å². The van der Waals surface area contributed by atoms with Gasteiger partial charge < -0.3 is 15.4 Å². The van der Waals surface area contributed by atoms with Crippen LogP contribution in [0.25, 0.3) is 10.7 Å². The Hall–Kier alpha value is -2.39. The van der Waals surface area contributed by atoms with E-state index in [0.717, 1.165) is 67.3 Å². The Bertz CT molecular complexity index is 880. The van der Waals surface area contributed by atoms with Crippen molar-refractivity contribution in [1.82, 2.24) is 25.2 Å². The fraction of sp³-hybridized carbons (Fsp3) is 0.381. The van der Waals surface area contributed by atoms with Gasteiger partial charge in [-0.1, -0.05) is 12.1 Å². The minimum atomic E-state index is 0.420. The zero-order chi connectivity index (χ0) is 19.9. The topological polar surface area (TPSA) is 75.2 Å². The average Bonchev–Trinajstić information content (AvgIpc) is 3.29. The van der Waals surface area contributed by atoms with E-state index in [2.05, 4.69) is 43.5 Å². The number of ether oxygens (including phenoxy) is 1. The summed E-state index contributed by atoms with van der Waals surface area (Å²) in [6.07, 6.45) is 3.69. The third kappa shape index (κ3) is 5.80. The van der Waals surface area contributed by atoms with E-state index < -0.39 is 0 Å². The average molecular weight is 411 g/mol. The van der Waals surface area contributed by atoms with Crippen LogP contribution >= 0.6 is 11.3 Å². The van der Waals surface area contributed by atoms with E-state index in [1.54, 1.807) is 17.5 Å². The monoisotopic (exact) mass is 410 g/mol. The van der Waals surface area contributed by atoms with Crippen LogP contribution in [-0.4, -0.2) is 58.7 Å². The van der Waals surface area contributed by atoms with Crippen LogP contribution in [0.15, 0.2) is 48.1 Å². The van der Waals surface area contributed by atoms with Crippen LogP contribution in [0.3, 0.4) is 0 Å². The van der Waals surface area contributed by atoms with Crippen LogP contribution in [0.4, 0.5) is 11.6 Å². The van der Waals surface area contributed by atoms with Gasteiger partial charge in [0.15, 0.2) is 0 Å². The number of anilines is 2.